The van der Waals surface area contributed by atoms with E-state index in [1.54, 1.807) is 12.1 Å². The molecule has 1 heterocycles. The Hall–Kier alpha value is -2.65. The van der Waals surface area contributed by atoms with Gasteiger partial charge in [0.15, 0.2) is 11.0 Å². The third-order valence-electron chi connectivity index (χ3n) is 5.35. The molecule has 0 aliphatic heterocycles. The summed E-state index contributed by atoms with van der Waals surface area (Å²) < 4.78 is 2.91. The lowest BCUT2D eigenvalue weighted by molar-refractivity contribution is -0.113. The summed E-state index contributed by atoms with van der Waals surface area (Å²) in [6, 6.07) is 12.9. The molecule has 3 rings (SSSR count). The molecule has 34 heavy (non-hydrogen) atoms. The van der Waals surface area contributed by atoms with Gasteiger partial charge in [-0.1, -0.05) is 59.2 Å². The lowest BCUT2D eigenvalue weighted by Gasteiger charge is -2.16. The molecule has 0 fully saturated rings. The molecule has 0 spiro atoms. The summed E-state index contributed by atoms with van der Waals surface area (Å²) in [4.78, 5) is 25.3. The fourth-order valence-electron chi connectivity index (χ4n) is 3.52. The average Bonchev–Trinajstić information content (AvgIpc) is 3.22. The fraction of sp³-hybridized carbons (Fsp3) is 0.360. The fourth-order valence-corrected chi connectivity index (χ4v) is 4.70. The molecular formula is C25H30BrN5O2S. The average molecular weight is 545 g/mol. The van der Waals surface area contributed by atoms with Gasteiger partial charge in [-0.25, -0.2) is 0 Å². The van der Waals surface area contributed by atoms with Gasteiger partial charge in [0.25, 0.3) is 5.91 Å². The van der Waals surface area contributed by atoms with Crippen LogP contribution in [0.2, 0.25) is 0 Å². The second kappa shape index (κ2) is 11.7. The van der Waals surface area contributed by atoms with Crippen molar-refractivity contribution in [1.82, 2.24) is 20.1 Å². The van der Waals surface area contributed by atoms with E-state index in [9.17, 15) is 9.59 Å². The molecule has 0 aliphatic rings. The Kier molecular flexibility index (Phi) is 8.90. The zero-order valence-electron chi connectivity index (χ0n) is 20.1. The number of carbonyl (C=O) groups excluding carboxylic acids is 2. The van der Waals surface area contributed by atoms with Gasteiger partial charge in [-0.2, -0.15) is 0 Å². The lowest BCUT2D eigenvalue weighted by atomic mass is 10.0. The number of benzene rings is 2. The Labute approximate surface area is 213 Å². The molecule has 0 unspecified atom stereocenters. The monoisotopic (exact) mass is 543 g/mol. The van der Waals surface area contributed by atoms with Gasteiger partial charge in [-0.3, -0.25) is 9.59 Å². The van der Waals surface area contributed by atoms with Gasteiger partial charge in [-0.05, 0) is 62.6 Å². The first-order valence-electron chi connectivity index (χ1n) is 11.2. The van der Waals surface area contributed by atoms with Crippen molar-refractivity contribution in [1.29, 1.82) is 0 Å². The second-order valence-electron chi connectivity index (χ2n) is 8.37. The maximum Gasteiger partial charge on any atom is 0.251 e. The Morgan fingerprint density at radius 3 is 2.44 bits per heavy atom. The first-order valence-corrected chi connectivity index (χ1v) is 13.0. The highest BCUT2D eigenvalue weighted by atomic mass is 79.9. The number of nitrogens with zero attached hydrogens (tertiary/aromatic N) is 3. The second-order valence-corrected chi connectivity index (χ2v) is 10.2. The van der Waals surface area contributed by atoms with Crippen molar-refractivity contribution >= 4 is 45.2 Å². The van der Waals surface area contributed by atoms with Crippen molar-refractivity contribution in [3.8, 4) is 0 Å². The number of halogens is 1. The standard InChI is InChI=1S/C25H30BrN5O2S/c1-6-31-23(17(5)27-24(33)18-9-7-16(4)8-10-18)29-30-25(31)34-14-22(32)28-21-12-11-19(26)13-20(21)15(2)3/h7-13,15,17H,6,14H2,1-5H3,(H,27,33)(H,28,32)/t17-/m0/s1. The van der Waals surface area contributed by atoms with Crippen LogP contribution in [0, 0.1) is 6.92 Å². The van der Waals surface area contributed by atoms with Gasteiger partial charge in [-0.15, -0.1) is 10.2 Å². The number of aryl methyl sites for hydroxylation is 1. The third-order valence-corrected chi connectivity index (χ3v) is 6.81. The molecule has 0 bridgehead atoms. The van der Waals surface area contributed by atoms with Gasteiger partial charge in [0, 0.05) is 22.3 Å². The van der Waals surface area contributed by atoms with Crippen LogP contribution in [0.5, 0.6) is 0 Å². The number of rotatable bonds is 9. The summed E-state index contributed by atoms with van der Waals surface area (Å²) >= 11 is 4.82. The predicted octanol–water partition coefficient (Wildman–Crippen LogP) is 5.71. The van der Waals surface area contributed by atoms with Crippen LogP contribution in [0.4, 0.5) is 5.69 Å². The van der Waals surface area contributed by atoms with Crippen molar-refractivity contribution in [2.24, 2.45) is 0 Å². The summed E-state index contributed by atoms with van der Waals surface area (Å²) in [5.41, 5.74) is 3.58. The highest BCUT2D eigenvalue weighted by molar-refractivity contribution is 9.10. The molecule has 0 saturated heterocycles. The first kappa shape index (κ1) is 26.0. The quantitative estimate of drug-likeness (QED) is 0.337. The van der Waals surface area contributed by atoms with Crippen LogP contribution < -0.4 is 10.6 Å². The molecule has 0 aliphatic carbocycles. The smallest absolute Gasteiger partial charge is 0.251 e. The van der Waals surface area contributed by atoms with Crippen LogP contribution in [0.1, 0.15) is 67.0 Å². The number of hydrogen-bond acceptors (Lipinski definition) is 5. The number of amides is 2. The molecule has 2 amide bonds. The Morgan fingerprint density at radius 2 is 1.79 bits per heavy atom. The summed E-state index contributed by atoms with van der Waals surface area (Å²) in [5, 5.41) is 15.2. The summed E-state index contributed by atoms with van der Waals surface area (Å²) in [7, 11) is 0. The van der Waals surface area contributed by atoms with Crippen molar-refractivity contribution in [3.05, 3.63) is 69.5 Å². The van der Waals surface area contributed by atoms with E-state index in [4.69, 9.17) is 0 Å². The molecule has 0 saturated carbocycles. The molecule has 7 nitrogen and oxygen atoms in total. The third kappa shape index (κ3) is 6.48. The minimum absolute atomic E-state index is 0.109. The Balaban J connectivity index is 1.64. The van der Waals surface area contributed by atoms with E-state index in [1.807, 2.05) is 55.7 Å². The summed E-state index contributed by atoms with van der Waals surface area (Å²) in [5.74, 6) is 0.864. The van der Waals surface area contributed by atoms with Crippen LogP contribution in [-0.4, -0.2) is 32.3 Å². The summed E-state index contributed by atoms with van der Waals surface area (Å²) in [6.07, 6.45) is 0. The number of nitrogens with one attached hydrogen (secondary N) is 2. The van der Waals surface area contributed by atoms with Crippen LogP contribution >= 0.6 is 27.7 Å². The molecule has 1 atom stereocenters. The topological polar surface area (TPSA) is 88.9 Å². The number of thioether (sulfide) groups is 1. The highest BCUT2D eigenvalue weighted by Gasteiger charge is 2.20. The zero-order chi connectivity index (χ0) is 24.8. The van der Waals surface area contributed by atoms with Crippen molar-refractivity contribution in [2.45, 2.75) is 58.3 Å². The maximum atomic E-state index is 12.7. The molecule has 2 aromatic carbocycles. The summed E-state index contributed by atoms with van der Waals surface area (Å²) in [6.45, 7) is 10.7. The van der Waals surface area contributed by atoms with Gasteiger partial charge >= 0.3 is 0 Å². The van der Waals surface area contributed by atoms with E-state index in [1.165, 1.54) is 11.8 Å². The minimum Gasteiger partial charge on any atom is -0.342 e. The van der Waals surface area contributed by atoms with Crippen LogP contribution in [0.3, 0.4) is 0 Å². The van der Waals surface area contributed by atoms with Crippen molar-refractivity contribution < 1.29 is 9.59 Å². The Bertz CT molecular complexity index is 1160. The largest absolute Gasteiger partial charge is 0.342 e. The SMILES string of the molecule is CCn1c(SCC(=O)Nc2ccc(Br)cc2C(C)C)nnc1[C@H](C)NC(=O)c1ccc(C)cc1. The van der Waals surface area contributed by atoms with Crippen LogP contribution in [-0.2, 0) is 11.3 Å². The number of hydrogen-bond donors (Lipinski definition) is 2. The highest BCUT2D eigenvalue weighted by Crippen LogP contribution is 2.28. The number of aromatic nitrogens is 3. The first-order chi connectivity index (χ1) is 16.2. The molecule has 9 heteroatoms. The van der Waals surface area contributed by atoms with Gasteiger partial charge in [0.1, 0.15) is 0 Å². The van der Waals surface area contributed by atoms with Crippen LogP contribution in [0.25, 0.3) is 0 Å². The van der Waals surface area contributed by atoms with Crippen molar-refractivity contribution in [2.75, 3.05) is 11.1 Å². The molecular weight excluding hydrogens is 514 g/mol. The molecule has 180 valence electrons. The molecule has 3 aromatic rings. The normalized spacial score (nSPS) is 12.0. The lowest BCUT2D eigenvalue weighted by Crippen LogP contribution is -2.28. The van der Waals surface area contributed by atoms with E-state index in [0.29, 0.717) is 23.1 Å². The molecule has 0 radical (unpaired) electrons. The predicted molar refractivity (Wildman–Crippen MR) is 140 cm³/mol. The van der Waals surface area contributed by atoms with Crippen LogP contribution in [0.15, 0.2) is 52.1 Å². The zero-order valence-corrected chi connectivity index (χ0v) is 22.5. The maximum absolute atomic E-state index is 12.7. The minimum atomic E-state index is -0.333. The van der Waals surface area contributed by atoms with E-state index < -0.39 is 0 Å². The number of carbonyl (C=O) groups is 2. The van der Waals surface area contributed by atoms with E-state index in [0.717, 1.165) is 21.3 Å². The van der Waals surface area contributed by atoms with Gasteiger partial charge < -0.3 is 15.2 Å². The van der Waals surface area contributed by atoms with E-state index >= 15 is 0 Å². The number of anilines is 1. The molecule has 1 aromatic heterocycles. The van der Waals surface area contributed by atoms with Gasteiger partial charge in [0.05, 0.1) is 11.8 Å². The van der Waals surface area contributed by atoms with Gasteiger partial charge in [0.2, 0.25) is 5.91 Å². The molecule has 2 N–H and O–H groups in total. The van der Waals surface area contributed by atoms with Crippen molar-refractivity contribution in [3.63, 3.8) is 0 Å². The van der Waals surface area contributed by atoms with E-state index in [-0.39, 0.29) is 29.5 Å². The van der Waals surface area contributed by atoms with E-state index in [2.05, 4.69) is 50.6 Å². The Morgan fingerprint density at radius 1 is 1.09 bits per heavy atom.